The van der Waals surface area contributed by atoms with Crippen molar-refractivity contribution in [3.05, 3.63) is 65.0 Å². The van der Waals surface area contributed by atoms with Crippen LogP contribution in [-0.4, -0.2) is 12.0 Å². The highest BCUT2D eigenvalue weighted by atomic mass is 19.1. The third-order valence-electron chi connectivity index (χ3n) is 4.41. The summed E-state index contributed by atoms with van der Waals surface area (Å²) in [6.07, 6.45) is 3.90. The van der Waals surface area contributed by atoms with Gasteiger partial charge in [0.15, 0.2) is 6.10 Å². The molecule has 24 heavy (non-hydrogen) atoms. The number of aryl methyl sites for hydroxylation is 1. The number of ether oxygens (including phenoxy) is 1. The number of hydrogen-bond donors (Lipinski definition) is 1. The van der Waals surface area contributed by atoms with Crippen LogP contribution in [0, 0.1) is 5.82 Å². The van der Waals surface area contributed by atoms with Crippen molar-refractivity contribution < 1.29 is 13.9 Å². The van der Waals surface area contributed by atoms with Crippen LogP contribution in [0.5, 0.6) is 5.75 Å². The van der Waals surface area contributed by atoms with Crippen LogP contribution < -0.4 is 10.1 Å². The second-order valence-corrected chi connectivity index (χ2v) is 6.21. The first kappa shape index (κ1) is 16.5. The van der Waals surface area contributed by atoms with Crippen LogP contribution >= 0.6 is 0 Å². The van der Waals surface area contributed by atoms with Crippen molar-refractivity contribution in [2.75, 3.05) is 0 Å². The number of nitrogens with one attached hydrogen (secondary N) is 1. The number of carbonyl (C=O) groups excluding carboxylic acids is 1. The molecule has 2 aromatic carbocycles. The zero-order valence-corrected chi connectivity index (χ0v) is 13.8. The Morgan fingerprint density at radius 1 is 1.17 bits per heavy atom. The molecule has 0 bridgehead atoms. The molecule has 0 radical (unpaired) electrons. The van der Waals surface area contributed by atoms with E-state index in [4.69, 9.17) is 4.74 Å². The average molecular weight is 327 g/mol. The van der Waals surface area contributed by atoms with Gasteiger partial charge in [-0.3, -0.25) is 4.79 Å². The molecule has 126 valence electrons. The first-order chi connectivity index (χ1) is 11.6. The number of halogens is 1. The van der Waals surface area contributed by atoms with Crippen molar-refractivity contribution in [3.63, 3.8) is 0 Å². The van der Waals surface area contributed by atoms with E-state index in [0.29, 0.717) is 6.54 Å². The zero-order chi connectivity index (χ0) is 16.9. The van der Waals surface area contributed by atoms with E-state index in [1.165, 1.54) is 36.1 Å². The standard InChI is InChI=1S/C20H22FNO2/c1-14(20(23)22-13-15-9-11-17(21)12-10-15)24-19-8-4-6-16-5-2-3-7-18(16)19/h4,6,8-12,14H,2-3,5,7,13H2,1H3,(H,22,23)/t14-/m1/s1. The van der Waals surface area contributed by atoms with E-state index in [1.54, 1.807) is 19.1 Å². The number of amides is 1. The molecule has 1 aliphatic carbocycles. The van der Waals surface area contributed by atoms with Gasteiger partial charge in [-0.25, -0.2) is 4.39 Å². The van der Waals surface area contributed by atoms with Gasteiger partial charge >= 0.3 is 0 Å². The number of benzene rings is 2. The van der Waals surface area contributed by atoms with Gasteiger partial charge in [-0.05, 0) is 67.5 Å². The average Bonchev–Trinajstić information content (AvgIpc) is 2.61. The van der Waals surface area contributed by atoms with Crippen molar-refractivity contribution in [3.8, 4) is 5.75 Å². The van der Waals surface area contributed by atoms with Gasteiger partial charge in [0.05, 0.1) is 0 Å². The van der Waals surface area contributed by atoms with Crippen LogP contribution in [0.1, 0.15) is 36.5 Å². The minimum absolute atomic E-state index is 0.173. The Morgan fingerprint density at radius 2 is 1.92 bits per heavy atom. The Bertz CT molecular complexity index is 712. The minimum Gasteiger partial charge on any atom is -0.481 e. The van der Waals surface area contributed by atoms with Gasteiger partial charge in [0.25, 0.3) is 5.91 Å². The monoisotopic (exact) mass is 327 g/mol. The van der Waals surface area contributed by atoms with Crippen LogP contribution in [0.3, 0.4) is 0 Å². The van der Waals surface area contributed by atoms with E-state index in [9.17, 15) is 9.18 Å². The van der Waals surface area contributed by atoms with Gasteiger partial charge in [-0.15, -0.1) is 0 Å². The smallest absolute Gasteiger partial charge is 0.261 e. The van der Waals surface area contributed by atoms with Crippen molar-refractivity contribution >= 4 is 5.91 Å². The highest BCUT2D eigenvalue weighted by Gasteiger charge is 2.19. The Balaban J connectivity index is 1.59. The van der Waals surface area contributed by atoms with Gasteiger partial charge in [-0.1, -0.05) is 24.3 Å². The summed E-state index contributed by atoms with van der Waals surface area (Å²) in [5.74, 6) is 0.361. The summed E-state index contributed by atoms with van der Waals surface area (Å²) < 4.78 is 18.8. The van der Waals surface area contributed by atoms with Crippen molar-refractivity contribution in [1.82, 2.24) is 5.32 Å². The predicted octanol–water partition coefficient (Wildman–Crippen LogP) is 3.79. The van der Waals surface area contributed by atoms with Crippen LogP contribution in [0.25, 0.3) is 0 Å². The molecule has 1 amide bonds. The molecule has 0 fully saturated rings. The lowest BCUT2D eigenvalue weighted by Gasteiger charge is -2.22. The predicted molar refractivity (Wildman–Crippen MR) is 91.4 cm³/mol. The van der Waals surface area contributed by atoms with E-state index in [-0.39, 0.29) is 11.7 Å². The summed E-state index contributed by atoms with van der Waals surface area (Å²) in [5.41, 5.74) is 3.42. The maximum atomic E-state index is 12.9. The van der Waals surface area contributed by atoms with Gasteiger partial charge in [0, 0.05) is 6.54 Å². The maximum absolute atomic E-state index is 12.9. The lowest BCUT2D eigenvalue weighted by atomic mass is 9.91. The zero-order valence-electron chi connectivity index (χ0n) is 13.8. The Labute approximate surface area is 141 Å². The van der Waals surface area contributed by atoms with E-state index in [2.05, 4.69) is 11.4 Å². The molecule has 0 aliphatic heterocycles. The largest absolute Gasteiger partial charge is 0.481 e. The molecule has 0 saturated heterocycles. The summed E-state index contributed by atoms with van der Waals surface area (Å²) >= 11 is 0. The third-order valence-corrected chi connectivity index (χ3v) is 4.41. The second-order valence-electron chi connectivity index (χ2n) is 6.21. The normalized spacial score (nSPS) is 14.6. The quantitative estimate of drug-likeness (QED) is 0.907. The van der Waals surface area contributed by atoms with Gasteiger partial charge in [-0.2, -0.15) is 0 Å². The van der Waals surface area contributed by atoms with Crippen molar-refractivity contribution in [2.24, 2.45) is 0 Å². The SMILES string of the molecule is C[C@@H](Oc1cccc2c1CCCC2)C(=O)NCc1ccc(F)cc1. The molecule has 1 aliphatic rings. The molecule has 1 N–H and O–H groups in total. The Kier molecular flexibility index (Phi) is 5.14. The van der Waals surface area contributed by atoms with Crippen LogP contribution in [0.2, 0.25) is 0 Å². The third kappa shape index (κ3) is 3.94. The molecular weight excluding hydrogens is 305 g/mol. The summed E-state index contributed by atoms with van der Waals surface area (Å²) in [5, 5.41) is 2.83. The van der Waals surface area contributed by atoms with Crippen molar-refractivity contribution in [1.29, 1.82) is 0 Å². The number of rotatable bonds is 5. The number of hydrogen-bond acceptors (Lipinski definition) is 2. The van der Waals surface area contributed by atoms with Crippen LogP contribution in [0.4, 0.5) is 4.39 Å². The first-order valence-electron chi connectivity index (χ1n) is 8.43. The van der Waals surface area contributed by atoms with Crippen molar-refractivity contribution in [2.45, 2.75) is 45.3 Å². The second kappa shape index (κ2) is 7.47. The fourth-order valence-corrected chi connectivity index (χ4v) is 3.04. The molecule has 4 heteroatoms. The molecule has 0 unspecified atom stereocenters. The Morgan fingerprint density at radius 3 is 2.71 bits per heavy atom. The molecule has 0 spiro atoms. The number of carbonyl (C=O) groups is 1. The molecule has 0 heterocycles. The van der Waals surface area contributed by atoms with Gasteiger partial charge in [0.2, 0.25) is 0 Å². The summed E-state index contributed by atoms with van der Waals surface area (Å²) in [6.45, 7) is 2.11. The summed E-state index contributed by atoms with van der Waals surface area (Å²) in [7, 11) is 0. The van der Waals surface area contributed by atoms with E-state index in [0.717, 1.165) is 24.2 Å². The molecule has 0 aromatic heterocycles. The fourth-order valence-electron chi connectivity index (χ4n) is 3.04. The number of fused-ring (bicyclic) bond motifs is 1. The van der Waals surface area contributed by atoms with Gasteiger partial charge < -0.3 is 10.1 Å². The fraction of sp³-hybridized carbons (Fsp3) is 0.350. The molecule has 3 nitrogen and oxygen atoms in total. The van der Waals surface area contributed by atoms with E-state index in [1.807, 2.05) is 12.1 Å². The van der Waals surface area contributed by atoms with E-state index >= 15 is 0 Å². The van der Waals surface area contributed by atoms with Gasteiger partial charge in [0.1, 0.15) is 11.6 Å². The minimum atomic E-state index is -0.570. The van der Waals surface area contributed by atoms with Crippen LogP contribution in [-0.2, 0) is 24.2 Å². The maximum Gasteiger partial charge on any atom is 0.261 e. The summed E-state index contributed by atoms with van der Waals surface area (Å²) in [6, 6.07) is 12.2. The van der Waals surface area contributed by atoms with E-state index < -0.39 is 6.10 Å². The highest BCUT2D eigenvalue weighted by molar-refractivity contribution is 5.80. The topological polar surface area (TPSA) is 38.3 Å². The highest BCUT2D eigenvalue weighted by Crippen LogP contribution is 2.30. The first-order valence-corrected chi connectivity index (χ1v) is 8.43. The molecule has 3 rings (SSSR count). The summed E-state index contributed by atoms with van der Waals surface area (Å²) in [4.78, 5) is 12.2. The molecular formula is C20H22FNO2. The van der Waals surface area contributed by atoms with Crippen LogP contribution in [0.15, 0.2) is 42.5 Å². The lowest BCUT2D eigenvalue weighted by Crippen LogP contribution is -2.36. The molecule has 2 aromatic rings. The Hall–Kier alpha value is -2.36. The molecule has 0 saturated carbocycles. The molecule has 1 atom stereocenters. The lowest BCUT2D eigenvalue weighted by molar-refractivity contribution is -0.127.